The van der Waals surface area contributed by atoms with Gasteiger partial charge in [0.15, 0.2) is 5.11 Å². The molecule has 1 aliphatic rings. The molecule has 1 amide bonds. The van der Waals surface area contributed by atoms with Crippen LogP contribution in [0.1, 0.15) is 5.56 Å². The van der Waals surface area contributed by atoms with Crippen molar-refractivity contribution < 1.29 is 14.7 Å². The smallest absolute Gasteiger partial charge is 0.323 e. The molecule has 3 aromatic rings. The number of hydrogen-bond acceptors (Lipinski definition) is 3. The lowest BCUT2D eigenvalue weighted by atomic mass is 10.1. The van der Waals surface area contributed by atoms with E-state index in [9.17, 15) is 14.7 Å². The second-order valence-corrected chi connectivity index (χ2v) is 7.41. The number of carbonyl (C=O) groups excluding carboxylic acids is 1. The number of nitrogens with zero attached hydrogens (tertiary/aromatic N) is 3. The van der Waals surface area contributed by atoms with Gasteiger partial charge in [0.2, 0.25) is 0 Å². The predicted molar refractivity (Wildman–Crippen MR) is 117 cm³/mol. The molecule has 2 aromatic carbocycles. The van der Waals surface area contributed by atoms with Gasteiger partial charge in [-0.1, -0.05) is 29.8 Å². The molecule has 1 aromatic heterocycles. The number of aromatic nitrogens is 1. The quantitative estimate of drug-likeness (QED) is 0.506. The Hall–Kier alpha value is -3.16. The molecule has 0 unspecified atom stereocenters. The van der Waals surface area contributed by atoms with Crippen LogP contribution in [0.15, 0.2) is 60.4 Å². The number of amides is 1. The molecule has 146 valence electrons. The third-order valence-corrected chi connectivity index (χ3v) is 5.47. The Balaban J connectivity index is 1.78. The van der Waals surface area contributed by atoms with Gasteiger partial charge in [-0.25, -0.2) is 0 Å². The number of carboxylic acid groups (broad SMARTS) is 1. The number of benzene rings is 2. The first-order valence-electron chi connectivity index (χ1n) is 8.76. The SMILES string of the molecule is CN1C(=S)N(c2ccc(Cl)cc2)C(=O)/C1=C/c1cn(CC(=O)O)c2ccccc12. The summed E-state index contributed by atoms with van der Waals surface area (Å²) in [7, 11) is 1.73. The number of aliphatic carboxylic acids is 1. The first kappa shape index (κ1) is 19.2. The maximum atomic E-state index is 13.1. The van der Waals surface area contributed by atoms with Gasteiger partial charge in [0.05, 0.1) is 5.69 Å². The Labute approximate surface area is 177 Å². The summed E-state index contributed by atoms with van der Waals surface area (Å²) in [6, 6.07) is 14.4. The van der Waals surface area contributed by atoms with Gasteiger partial charge in [-0.15, -0.1) is 0 Å². The van der Waals surface area contributed by atoms with Crippen molar-refractivity contribution in [2.24, 2.45) is 0 Å². The van der Waals surface area contributed by atoms with E-state index in [1.54, 1.807) is 53.1 Å². The number of thiocarbonyl (C=S) groups is 1. The summed E-state index contributed by atoms with van der Waals surface area (Å²) in [4.78, 5) is 27.4. The molecule has 1 N–H and O–H groups in total. The molecular formula is C21H16ClN3O3S. The fraction of sp³-hybridized carbons (Fsp3) is 0.0952. The zero-order valence-electron chi connectivity index (χ0n) is 15.4. The number of para-hydroxylation sites is 1. The van der Waals surface area contributed by atoms with E-state index < -0.39 is 5.97 Å². The van der Waals surface area contributed by atoms with Gasteiger partial charge in [0.1, 0.15) is 12.2 Å². The lowest BCUT2D eigenvalue weighted by molar-refractivity contribution is -0.137. The summed E-state index contributed by atoms with van der Waals surface area (Å²) in [5.74, 6) is -1.19. The van der Waals surface area contributed by atoms with Crippen molar-refractivity contribution >= 4 is 63.5 Å². The van der Waals surface area contributed by atoms with E-state index in [4.69, 9.17) is 23.8 Å². The molecule has 0 bridgehead atoms. The molecule has 29 heavy (non-hydrogen) atoms. The average molecular weight is 426 g/mol. The maximum absolute atomic E-state index is 13.1. The second-order valence-electron chi connectivity index (χ2n) is 6.61. The van der Waals surface area contributed by atoms with E-state index in [2.05, 4.69) is 0 Å². The summed E-state index contributed by atoms with van der Waals surface area (Å²) in [5, 5.41) is 11.0. The summed E-state index contributed by atoms with van der Waals surface area (Å²) in [6.07, 6.45) is 3.48. The molecule has 1 aliphatic heterocycles. The molecule has 2 heterocycles. The maximum Gasteiger partial charge on any atom is 0.323 e. The zero-order valence-corrected chi connectivity index (χ0v) is 16.9. The van der Waals surface area contributed by atoms with E-state index in [0.29, 0.717) is 21.5 Å². The van der Waals surface area contributed by atoms with Crippen LogP contribution >= 0.6 is 23.8 Å². The highest BCUT2D eigenvalue weighted by Crippen LogP contribution is 2.31. The Morgan fingerprint density at radius 3 is 2.55 bits per heavy atom. The Morgan fingerprint density at radius 1 is 1.17 bits per heavy atom. The van der Waals surface area contributed by atoms with Gasteiger partial charge >= 0.3 is 5.97 Å². The van der Waals surface area contributed by atoms with Gasteiger partial charge in [-0.3, -0.25) is 14.5 Å². The van der Waals surface area contributed by atoms with Crippen molar-refractivity contribution in [3.05, 3.63) is 71.0 Å². The summed E-state index contributed by atoms with van der Waals surface area (Å²) >= 11 is 11.4. The zero-order chi connectivity index (χ0) is 20.7. The molecule has 0 radical (unpaired) electrons. The van der Waals surface area contributed by atoms with Crippen LogP contribution < -0.4 is 4.90 Å². The number of carbonyl (C=O) groups is 2. The van der Waals surface area contributed by atoms with E-state index in [1.807, 2.05) is 24.3 Å². The minimum Gasteiger partial charge on any atom is -0.480 e. The predicted octanol–water partition coefficient (Wildman–Crippen LogP) is 3.98. The van der Waals surface area contributed by atoms with Crippen LogP contribution in [0.2, 0.25) is 5.02 Å². The highest BCUT2D eigenvalue weighted by Gasteiger charge is 2.37. The van der Waals surface area contributed by atoms with Crippen molar-refractivity contribution in [1.29, 1.82) is 0 Å². The minimum atomic E-state index is -0.936. The molecule has 0 saturated carbocycles. The van der Waals surface area contributed by atoms with Crippen molar-refractivity contribution in [2.45, 2.75) is 6.54 Å². The third kappa shape index (κ3) is 3.39. The lowest BCUT2D eigenvalue weighted by Crippen LogP contribution is -2.31. The Bertz CT molecular complexity index is 1180. The van der Waals surface area contributed by atoms with E-state index >= 15 is 0 Å². The summed E-state index contributed by atoms with van der Waals surface area (Å²) in [6.45, 7) is -0.164. The Kier molecular flexibility index (Phi) is 4.86. The molecule has 1 saturated heterocycles. The van der Waals surface area contributed by atoms with Crippen LogP contribution in [0.4, 0.5) is 5.69 Å². The molecular weight excluding hydrogens is 410 g/mol. The molecule has 8 heteroatoms. The third-order valence-electron chi connectivity index (χ3n) is 4.76. The van der Waals surface area contributed by atoms with E-state index in [-0.39, 0.29) is 12.5 Å². The van der Waals surface area contributed by atoms with Crippen molar-refractivity contribution in [3.63, 3.8) is 0 Å². The van der Waals surface area contributed by atoms with Crippen LogP contribution in [0, 0.1) is 0 Å². The summed E-state index contributed by atoms with van der Waals surface area (Å²) in [5.41, 5.74) is 2.57. The number of fused-ring (bicyclic) bond motifs is 1. The fourth-order valence-corrected chi connectivity index (χ4v) is 3.80. The van der Waals surface area contributed by atoms with Crippen LogP contribution in [0.5, 0.6) is 0 Å². The van der Waals surface area contributed by atoms with Crippen molar-refractivity contribution in [2.75, 3.05) is 11.9 Å². The normalized spacial score (nSPS) is 15.7. The largest absolute Gasteiger partial charge is 0.480 e. The van der Waals surface area contributed by atoms with Gasteiger partial charge in [-0.05, 0) is 48.6 Å². The van der Waals surface area contributed by atoms with Crippen LogP contribution in [0.3, 0.4) is 0 Å². The van der Waals surface area contributed by atoms with E-state index in [0.717, 1.165) is 16.5 Å². The van der Waals surface area contributed by atoms with Gasteiger partial charge in [-0.2, -0.15) is 0 Å². The number of rotatable bonds is 4. The minimum absolute atomic E-state index is 0.164. The van der Waals surface area contributed by atoms with Gasteiger partial charge < -0.3 is 14.6 Å². The number of hydrogen-bond donors (Lipinski definition) is 1. The highest BCUT2D eigenvalue weighted by molar-refractivity contribution is 7.80. The standard InChI is InChI=1S/C21H16ClN3O3S/c1-23-18(20(28)25(21(23)29)15-8-6-14(22)7-9-15)10-13-11-24(12-19(26)27)17-5-3-2-4-16(13)17/h2-11H,12H2,1H3,(H,26,27)/b18-10-. The highest BCUT2D eigenvalue weighted by atomic mass is 35.5. The van der Waals surface area contributed by atoms with Crippen molar-refractivity contribution in [3.8, 4) is 0 Å². The van der Waals surface area contributed by atoms with Crippen LogP contribution in [0.25, 0.3) is 17.0 Å². The van der Waals surface area contributed by atoms with E-state index in [1.165, 1.54) is 4.90 Å². The monoisotopic (exact) mass is 425 g/mol. The van der Waals surface area contributed by atoms with Gasteiger partial charge in [0, 0.05) is 34.7 Å². The number of halogens is 1. The molecule has 0 aliphatic carbocycles. The van der Waals surface area contributed by atoms with Crippen LogP contribution in [-0.4, -0.2) is 38.6 Å². The molecule has 0 atom stereocenters. The number of anilines is 1. The average Bonchev–Trinajstić information content (AvgIpc) is 3.13. The molecule has 0 spiro atoms. The topological polar surface area (TPSA) is 65.8 Å². The fourth-order valence-electron chi connectivity index (χ4n) is 3.39. The number of carboxylic acids is 1. The number of likely N-dealkylation sites (N-methyl/N-ethyl adjacent to an activating group) is 1. The Morgan fingerprint density at radius 2 is 1.86 bits per heavy atom. The lowest BCUT2D eigenvalue weighted by Gasteiger charge is -2.16. The molecule has 1 fully saturated rings. The van der Waals surface area contributed by atoms with Gasteiger partial charge in [0.25, 0.3) is 5.91 Å². The second kappa shape index (κ2) is 7.35. The van der Waals surface area contributed by atoms with Crippen molar-refractivity contribution in [1.82, 2.24) is 9.47 Å². The first-order chi connectivity index (χ1) is 13.9. The molecule has 4 rings (SSSR count). The first-order valence-corrected chi connectivity index (χ1v) is 9.54. The molecule has 6 nitrogen and oxygen atoms in total. The van der Waals surface area contributed by atoms with Crippen LogP contribution in [-0.2, 0) is 16.1 Å². The summed E-state index contributed by atoms with van der Waals surface area (Å²) < 4.78 is 1.65.